The van der Waals surface area contributed by atoms with E-state index in [4.69, 9.17) is 4.42 Å². The molecule has 0 aliphatic carbocycles. The van der Waals surface area contributed by atoms with E-state index in [-0.39, 0.29) is 12.1 Å². The Morgan fingerprint density at radius 1 is 1.14 bits per heavy atom. The van der Waals surface area contributed by atoms with Gasteiger partial charge in [-0.2, -0.15) is 0 Å². The lowest BCUT2D eigenvalue weighted by molar-refractivity contribution is 0.400. The lowest BCUT2D eigenvalue weighted by Crippen LogP contribution is -2.22. The van der Waals surface area contributed by atoms with Crippen molar-refractivity contribution in [3.05, 3.63) is 53.5 Å². The second-order valence-electron chi connectivity index (χ2n) is 5.58. The Morgan fingerprint density at radius 2 is 1.86 bits per heavy atom. The van der Waals surface area contributed by atoms with Gasteiger partial charge in [0.2, 0.25) is 10.0 Å². The molecular weight excluding hydrogens is 300 g/mol. The second kappa shape index (κ2) is 6.54. The van der Waals surface area contributed by atoms with Gasteiger partial charge in [-0.3, -0.25) is 4.72 Å². The summed E-state index contributed by atoms with van der Waals surface area (Å²) in [7, 11) is -3.27. The normalized spacial score (nSPS) is 14.5. The molecule has 0 fully saturated rings. The topological polar surface area (TPSA) is 71.3 Å². The number of rotatable bonds is 6. The zero-order valence-corrected chi connectivity index (χ0v) is 14.1. The highest BCUT2D eigenvalue weighted by Gasteiger charge is 2.16. The lowest BCUT2D eigenvalue weighted by Gasteiger charge is -2.20. The molecule has 0 unspecified atom stereocenters. The molecule has 2 N–H and O–H groups in total. The minimum atomic E-state index is -3.27. The summed E-state index contributed by atoms with van der Waals surface area (Å²) in [4.78, 5) is 0. The third kappa shape index (κ3) is 4.35. The minimum Gasteiger partial charge on any atom is -0.467 e. The summed E-state index contributed by atoms with van der Waals surface area (Å²) >= 11 is 0. The predicted octanol–water partition coefficient (Wildman–Crippen LogP) is 3.37. The van der Waals surface area contributed by atoms with Crippen LogP contribution in [0.25, 0.3) is 0 Å². The van der Waals surface area contributed by atoms with Gasteiger partial charge in [0.25, 0.3) is 0 Å². The van der Waals surface area contributed by atoms with Crippen LogP contribution in [0.2, 0.25) is 0 Å². The van der Waals surface area contributed by atoms with Gasteiger partial charge >= 0.3 is 0 Å². The van der Waals surface area contributed by atoms with Crippen molar-refractivity contribution < 1.29 is 12.8 Å². The molecule has 22 heavy (non-hydrogen) atoms. The summed E-state index contributed by atoms with van der Waals surface area (Å²) in [5, 5.41) is 3.46. The van der Waals surface area contributed by atoms with Gasteiger partial charge in [-0.05, 0) is 50.1 Å². The third-order valence-corrected chi connectivity index (χ3v) is 4.09. The van der Waals surface area contributed by atoms with Gasteiger partial charge in [-0.25, -0.2) is 8.42 Å². The first kappa shape index (κ1) is 16.6. The maximum absolute atomic E-state index is 11.3. The fourth-order valence-corrected chi connectivity index (χ4v) is 3.02. The molecule has 1 aromatic heterocycles. The molecule has 0 amide bonds. The van der Waals surface area contributed by atoms with Crippen LogP contribution < -0.4 is 10.0 Å². The quantitative estimate of drug-likeness (QED) is 0.855. The largest absolute Gasteiger partial charge is 0.467 e. The van der Waals surface area contributed by atoms with E-state index >= 15 is 0 Å². The zero-order valence-electron chi connectivity index (χ0n) is 13.3. The number of aryl methyl sites for hydroxylation is 1. The van der Waals surface area contributed by atoms with E-state index in [2.05, 4.69) is 10.0 Å². The van der Waals surface area contributed by atoms with Gasteiger partial charge in [-0.1, -0.05) is 12.1 Å². The maximum atomic E-state index is 11.3. The number of anilines is 1. The molecule has 0 saturated heterocycles. The first-order valence-electron chi connectivity index (χ1n) is 7.14. The minimum absolute atomic E-state index is 0.0563. The molecule has 0 bridgehead atoms. The van der Waals surface area contributed by atoms with Crippen LogP contribution in [0, 0.1) is 6.92 Å². The molecule has 120 valence electrons. The van der Waals surface area contributed by atoms with Crippen molar-refractivity contribution in [3.63, 3.8) is 0 Å². The number of furan rings is 1. The van der Waals surface area contributed by atoms with Crippen molar-refractivity contribution in [2.45, 2.75) is 32.9 Å². The molecule has 6 heteroatoms. The van der Waals surface area contributed by atoms with Gasteiger partial charge in [-0.15, -0.1) is 0 Å². The Labute approximate surface area is 131 Å². The number of hydrogen-bond donors (Lipinski definition) is 2. The third-order valence-electron chi connectivity index (χ3n) is 3.48. The fraction of sp³-hybridized carbons (Fsp3) is 0.375. The summed E-state index contributed by atoms with van der Waals surface area (Å²) in [6, 6.07) is 9.43. The van der Waals surface area contributed by atoms with Crippen molar-refractivity contribution in [2.24, 2.45) is 0 Å². The molecule has 0 saturated carbocycles. The van der Waals surface area contributed by atoms with E-state index in [1.165, 1.54) is 0 Å². The molecular formula is C16H22N2O3S. The first-order chi connectivity index (χ1) is 10.3. The van der Waals surface area contributed by atoms with Crippen LogP contribution in [0.1, 0.15) is 42.8 Å². The number of sulfonamides is 1. The highest BCUT2D eigenvalue weighted by molar-refractivity contribution is 7.92. The van der Waals surface area contributed by atoms with Gasteiger partial charge < -0.3 is 9.73 Å². The van der Waals surface area contributed by atoms with Crippen molar-refractivity contribution in [1.82, 2.24) is 5.32 Å². The molecule has 2 aromatic rings. The van der Waals surface area contributed by atoms with Crippen LogP contribution in [-0.2, 0) is 10.0 Å². The number of nitrogens with one attached hydrogen (secondary N) is 2. The SMILES string of the molecule is Cc1ccoc1[C@@H](C)N[C@H](C)c1cccc(NS(C)(=O)=O)c1. The zero-order chi connectivity index (χ0) is 16.3. The van der Waals surface area contributed by atoms with E-state index in [9.17, 15) is 8.42 Å². The first-order valence-corrected chi connectivity index (χ1v) is 9.03. The summed E-state index contributed by atoms with van der Waals surface area (Å²) in [5.74, 6) is 0.914. The van der Waals surface area contributed by atoms with Crippen molar-refractivity contribution in [2.75, 3.05) is 11.0 Å². The van der Waals surface area contributed by atoms with Crippen molar-refractivity contribution in [3.8, 4) is 0 Å². The van der Waals surface area contributed by atoms with E-state index in [0.717, 1.165) is 23.1 Å². The number of hydrogen-bond acceptors (Lipinski definition) is 4. The van der Waals surface area contributed by atoms with E-state index in [1.807, 2.05) is 45.0 Å². The molecule has 5 nitrogen and oxygen atoms in total. The van der Waals surface area contributed by atoms with Gasteiger partial charge in [0, 0.05) is 11.7 Å². The molecule has 2 rings (SSSR count). The summed E-state index contributed by atoms with van der Waals surface area (Å²) < 4.78 is 30.6. The fourth-order valence-electron chi connectivity index (χ4n) is 2.46. The Balaban J connectivity index is 2.11. The van der Waals surface area contributed by atoms with Crippen LogP contribution >= 0.6 is 0 Å². The molecule has 0 radical (unpaired) electrons. The Kier molecular flexibility index (Phi) is 4.93. The number of benzene rings is 1. The van der Waals surface area contributed by atoms with E-state index in [1.54, 1.807) is 12.3 Å². The second-order valence-corrected chi connectivity index (χ2v) is 7.33. The molecule has 2 atom stereocenters. The average Bonchev–Trinajstić information content (AvgIpc) is 2.83. The standard InChI is InChI=1S/C16H22N2O3S/c1-11-8-9-21-16(11)13(3)17-12(2)14-6-5-7-15(10-14)18-22(4,19)20/h5-10,12-13,17-18H,1-4H3/t12-,13-/m1/s1. The highest BCUT2D eigenvalue weighted by atomic mass is 32.2. The van der Waals surface area contributed by atoms with Gasteiger partial charge in [0.15, 0.2) is 0 Å². The van der Waals surface area contributed by atoms with Crippen LogP contribution in [0.15, 0.2) is 41.0 Å². The van der Waals surface area contributed by atoms with Gasteiger partial charge in [0.1, 0.15) is 5.76 Å². The lowest BCUT2D eigenvalue weighted by atomic mass is 10.1. The molecule has 0 aliphatic heterocycles. The van der Waals surface area contributed by atoms with Crippen molar-refractivity contribution >= 4 is 15.7 Å². The average molecular weight is 322 g/mol. The van der Waals surface area contributed by atoms with Crippen LogP contribution in [0.4, 0.5) is 5.69 Å². The smallest absolute Gasteiger partial charge is 0.229 e. The van der Waals surface area contributed by atoms with Crippen LogP contribution in [-0.4, -0.2) is 14.7 Å². The predicted molar refractivity (Wildman–Crippen MR) is 88.3 cm³/mol. The van der Waals surface area contributed by atoms with Crippen LogP contribution in [0.3, 0.4) is 0 Å². The van der Waals surface area contributed by atoms with Crippen molar-refractivity contribution in [1.29, 1.82) is 0 Å². The molecule has 0 aliphatic rings. The summed E-state index contributed by atoms with van der Waals surface area (Å²) in [5.41, 5.74) is 2.68. The molecule has 0 spiro atoms. The van der Waals surface area contributed by atoms with Crippen LogP contribution in [0.5, 0.6) is 0 Å². The van der Waals surface area contributed by atoms with E-state index < -0.39 is 10.0 Å². The molecule has 1 aromatic carbocycles. The molecule has 1 heterocycles. The Hall–Kier alpha value is -1.79. The Bertz CT molecular complexity index is 737. The summed E-state index contributed by atoms with van der Waals surface area (Å²) in [6.07, 6.45) is 2.83. The summed E-state index contributed by atoms with van der Waals surface area (Å²) in [6.45, 7) is 6.09. The monoisotopic (exact) mass is 322 g/mol. The highest BCUT2D eigenvalue weighted by Crippen LogP contribution is 2.24. The maximum Gasteiger partial charge on any atom is 0.229 e. The van der Waals surface area contributed by atoms with E-state index in [0.29, 0.717) is 5.69 Å². The Morgan fingerprint density at radius 3 is 2.45 bits per heavy atom. The van der Waals surface area contributed by atoms with Gasteiger partial charge in [0.05, 0.1) is 18.6 Å².